The van der Waals surface area contributed by atoms with Gasteiger partial charge in [0.05, 0.1) is 0 Å². The van der Waals surface area contributed by atoms with E-state index >= 15 is 0 Å². The SMILES string of the molecule is O=C(OCc1ccccc1)N1CC[C@H](c2nn[nH]n2)C1. The first-order valence-corrected chi connectivity index (χ1v) is 6.52. The summed E-state index contributed by atoms with van der Waals surface area (Å²) in [7, 11) is 0. The van der Waals surface area contributed by atoms with Gasteiger partial charge in [-0.25, -0.2) is 4.79 Å². The van der Waals surface area contributed by atoms with Crippen molar-refractivity contribution in [3.8, 4) is 0 Å². The number of amides is 1. The zero-order valence-electron chi connectivity index (χ0n) is 10.9. The number of nitrogens with one attached hydrogen (secondary N) is 1. The van der Waals surface area contributed by atoms with Crippen molar-refractivity contribution in [2.45, 2.75) is 18.9 Å². The average Bonchev–Trinajstić information content (AvgIpc) is 3.16. The Kier molecular flexibility index (Phi) is 3.58. The molecule has 1 N–H and O–H groups in total. The predicted molar refractivity (Wildman–Crippen MR) is 69.7 cm³/mol. The molecule has 20 heavy (non-hydrogen) atoms. The number of carbonyl (C=O) groups excluding carboxylic acids is 1. The predicted octanol–water partition coefficient (Wildman–Crippen LogP) is 1.33. The fourth-order valence-corrected chi connectivity index (χ4v) is 2.29. The molecule has 0 aliphatic carbocycles. The van der Waals surface area contributed by atoms with Crippen LogP contribution in [0.1, 0.15) is 23.7 Å². The largest absolute Gasteiger partial charge is 0.445 e. The van der Waals surface area contributed by atoms with E-state index in [2.05, 4.69) is 20.6 Å². The lowest BCUT2D eigenvalue weighted by Crippen LogP contribution is -2.29. The lowest BCUT2D eigenvalue weighted by atomic mass is 10.1. The number of likely N-dealkylation sites (tertiary alicyclic amines) is 1. The molecule has 1 atom stereocenters. The minimum atomic E-state index is -0.292. The average molecular weight is 273 g/mol. The Labute approximate surface area is 115 Å². The molecule has 0 bridgehead atoms. The van der Waals surface area contributed by atoms with E-state index in [0.717, 1.165) is 12.0 Å². The van der Waals surface area contributed by atoms with Crippen LogP contribution in [0.3, 0.4) is 0 Å². The van der Waals surface area contributed by atoms with E-state index in [0.29, 0.717) is 25.5 Å². The summed E-state index contributed by atoms with van der Waals surface area (Å²) in [6, 6.07) is 9.64. The second kappa shape index (κ2) is 5.68. The monoisotopic (exact) mass is 273 g/mol. The number of tetrazole rings is 1. The van der Waals surface area contributed by atoms with E-state index in [-0.39, 0.29) is 12.0 Å². The molecular weight excluding hydrogens is 258 g/mol. The van der Waals surface area contributed by atoms with E-state index in [1.165, 1.54) is 0 Å². The second-order valence-corrected chi connectivity index (χ2v) is 4.74. The molecule has 7 heteroatoms. The number of carbonyl (C=O) groups is 1. The van der Waals surface area contributed by atoms with Crippen molar-refractivity contribution in [3.63, 3.8) is 0 Å². The molecule has 2 aromatic rings. The van der Waals surface area contributed by atoms with Crippen LogP contribution < -0.4 is 0 Å². The highest BCUT2D eigenvalue weighted by Crippen LogP contribution is 2.24. The van der Waals surface area contributed by atoms with Gasteiger partial charge in [-0.1, -0.05) is 35.5 Å². The van der Waals surface area contributed by atoms with Crippen LogP contribution in [0.5, 0.6) is 0 Å². The highest BCUT2D eigenvalue weighted by Gasteiger charge is 2.30. The van der Waals surface area contributed by atoms with E-state index < -0.39 is 0 Å². The van der Waals surface area contributed by atoms with Crippen LogP contribution in [-0.2, 0) is 11.3 Å². The van der Waals surface area contributed by atoms with Gasteiger partial charge in [0, 0.05) is 19.0 Å². The number of rotatable bonds is 3. The number of nitrogens with zero attached hydrogens (tertiary/aromatic N) is 4. The number of H-pyrrole nitrogens is 1. The summed E-state index contributed by atoms with van der Waals surface area (Å²) in [5.74, 6) is 0.793. The zero-order chi connectivity index (χ0) is 13.8. The van der Waals surface area contributed by atoms with Crippen molar-refractivity contribution in [1.82, 2.24) is 25.5 Å². The van der Waals surface area contributed by atoms with Crippen molar-refractivity contribution in [3.05, 3.63) is 41.7 Å². The molecule has 1 aliphatic heterocycles. The van der Waals surface area contributed by atoms with Gasteiger partial charge in [0.1, 0.15) is 6.61 Å². The van der Waals surface area contributed by atoms with Crippen LogP contribution in [-0.4, -0.2) is 44.7 Å². The Hall–Kier alpha value is -2.44. The first-order valence-electron chi connectivity index (χ1n) is 6.52. The van der Waals surface area contributed by atoms with E-state index in [1.54, 1.807) is 4.90 Å². The van der Waals surface area contributed by atoms with Crippen LogP contribution in [0.15, 0.2) is 30.3 Å². The summed E-state index contributed by atoms with van der Waals surface area (Å²) < 4.78 is 5.30. The fourth-order valence-electron chi connectivity index (χ4n) is 2.29. The van der Waals surface area contributed by atoms with Gasteiger partial charge in [-0.2, -0.15) is 5.21 Å². The summed E-state index contributed by atoms with van der Waals surface area (Å²) in [6.07, 6.45) is 0.541. The number of hydrogen-bond acceptors (Lipinski definition) is 5. The topological polar surface area (TPSA) is 84.0 Å². The van der Waals surface area contributed by atoms with E-state index in [9.17, 15) is 4.79 Å². The lowest BCUT2D eigenvalue weighted by molar-refractivity contribution is 0.104. The molecule has 1 aliphatic rings. The molecule has 1 saturated heterocycles. The molecule has 1 aromatic carbocycles. The van der Waals surface area contributed by atoms with Gasteiger partial charge < -0.3 is 9.64 Å². The third kappa shape index (κ3) is 2.76. The molecule has 0 saturated carbocycles. The standard InChI is InChI=1S/C13H15N5O2/c19-13(20-9-10-4-2-1-3-5-10)18-7-6-11(8-18)12-14-16-17-15-12/h1-5,11H,6-9H2,(H,14,15,16,17)/t11-/m0/s1. The van der Waals surface area contributed by atoms with Crippen LogP contribution in [0.2, 0.25) is 0 Å². The van der Waals surface area contributed by atoms with Gasteiger partial charge in [0.2, 0.25) is 0 Å². The normalized spacial score (nSPS) is 18.2. The van der Waals surface area contributed by atoms with Crippen molar-refractivity contribution in [1.29, 1.82) is 0 Å². The van der Waals surface area contributed by atoms with Crippen LogP contribution in [0.25, 0.3) is 0 Å². The maximum atomic E-state index is 12.0. The minimum Gasteiger partial charge on any atom is -0.445 e. The molecular formula is C13H15N5O2. The maximum absolute atomic E-state index is 12.0. The first-order chi connectivity index (χ1) is 9.83. The fraction of sp³-hybridized carbons (Fsp3) is 0.385. The molecule has 1 aromatic heterocycles. The maximum Gasteiger partial charge on any atom is 0.410 e. The van der Waals surface area contributed by atoms with Gasteiger partial charge in [-0.3, -0.25) is 0 Å². The van der Waals surface area contributed by atoms with Crippen molar-refractivity contribution < 1.29 is 9.53 Å². The summed E-state index contributed by atoms with van der Waals surface area (Å²) >= 11 is 0. The molecule has 2 heterocycles. The Morgan fingerprint density at radius 3 is 3.00 bits per heavy atom. The highest BCUT2D eigenvalue weighted by molar-refractivity contribution is 5.68. The molecule has 1 amide bonds. The quantitative estimate of drug-likeness (QED) is 0.912. The second-order valence-electron chi connectivity index (χ2n) is 4.74. The highest BCUT2D eigenvalue weighted by atomic mass is 16.6. The molecule has 1 fully saturated rings. The van der Waals surface area contributed by atoms with Gasteiger partial charge in [0.25, 0.3) is 0 Å². The van der Waals surface area contributed by atoms with Crippen molar-refractivity contribution >= 4 is 6.09 Å². The number of aromatic amines is 1. The summed E-state index contributed by atoms with van der Waals surface area (Å²) in [4.78, 5) is 13.7. The van der Waals surface area contributed by atoms with Crippen LogP contribution in [0.4, 0.5) is 4.79 Å². The number of hydrogen-bond donors (Lipinski definition) is 1. The van der Waals surface area contributed by atoms with E-state index in [4.69, 9.17) is 4.74 Å². The van der Waals surface area contributed by atoms with E-state index in [1.807, 2.05) is 30.3 Å². The summed E-state index contributed by atoms with van der Waals surface area (Å²) in [5, 5.41) is 13.9. The third-order valence-corrected chi connectivity index (χ3v) is 3.38. The molecule has 3 rings (SSSR count). The Morgan fingerprint density at radius 1 is 1.40 bits per heavy atom. The number of ether oxygens (including phenoxy) is 1. The molecule has 0 spiro atoms. The third-order valence-electron chi connectivity index (χ3n) is 3.38. The smallest absolute Gasteiger partial charge is 0.410 e. The Bertz CT molecular complexity index is 557. The Balaban J connectivity index is 1.51. The van der Waals surface area contributed by atoms with Gasteiger partial charge in [-0.05, 0) is 12.0 Å². The molecule has 104 valence electrons. The Morgan fingerprint density at radius 2 is 2.25 bits per heavy atom. The summed E-state index contributed by atoms with van der Waals surface area (Å²) in [5.41, 5.74) is 0.981. The van der Waals surface area contributed by atoms with Gasteiger partial charge in [-0.15, -0.1) is 10.2 Å². The van der Waals surface area contributed by atoms with Crippen molar-refractivity contribution in [2.24, 2.45) is 0 Å². The minimum absolute atomic E-state index is 0.137. The van der Waals surface area contributed by atoms with Crippen molar-refractivity contribution in [2.75, 3.05) is 13.1 Å². The van der Waals surface area contributed by atoms with Crippen LogP contribution in [0, 0.1) is 0 Å². The van der Waals surface area contributed by atoms with Gasteiger partial charge in [0.15, 0.2) is 5.82 Å². The van der Waals surface area contributed by atoms with Crippen LogP contribution >= 0.6 is 0 Å². The summed E-state index contributed by atoms with van der Waals surface area (Å²) in [6.45, 7) is 1.53. The zero-order valence-corrected chi connectivity index (χ0v) is 10.9. The molecule has 0 unspecified atom stereocenters. The number of aromatic nitrogens is 4. The molecule has 0 radical (unpaired) electrons. The first kappa shape index (κ1) is 12.6. The van der Waals surface area contributed by atoms with Gasteiger partial charge >= 0.3 is 6.09 Å². The molecule has 7 nitrogen and oxygen atoms in total. The number of benzene rings is 1. The lowest BCUT2D eigenvalue weighted by Gasteiger charge is -2.15.